The van der Waals surface area contributed by atoms with Crippen molar-refractivity contribution in [3.8, 4) is 0 Å². The molecule has 2 rings (SSSR count). The summed E-state index contributed by atoms with van der Waals surface area (Å²) in [6, 6.07) is 6.58. The third kappa shape index (κ3) is 4.30. The molecule has 0 radical (unpaired) electrons. The summed E-state index contributed by atoms with van der Waals surface area (Å²) in [5.74, 6) is 0.534. The predicted octanol–water partition coefficient (Wildman–Crippen LogP) is 2.42. The lowest BCUT2D eigenvalue weighted by Gasteiger charge is -2.16. The summed E-state index contributed by atoms with van der Waals surface area (Å²) in [5.41, 5.74) is 1.09. The van der Waals surface area contributed by atoms with Crippen molar-refractivity contribution in [3.05, 3.63) is 35.6 Å². The maximum absolute atomic E-state index is 12.9. The third-order valence-corrected chi connectivity index (χ3v) is 3.65. The summed E-state index contributed by atoms with van der Waals surface area (Å²) < 4.78 is 12.9. The van der Waals surface area contributed by atoms with Crippen LogP contribution in [0.4, 0.5) is 4.39 Å². The first kappa shape index (κ1) is 15.0. The number of nitrogens with one attached hydrogen (secondary N) is 1. The Kier molecular flexibility index (Phi) is 5.12. The molecule has 1 aliphatic heterocycles. The second-order valence-corrected chi connectivity index (χ2v) is 5.99. The van der Waals surface area contributed by atoms with E-state index in [-0.39, 0.29) is 17.6 Å². The topological polar surface area (TPSA) is 32.3 Å². The molecule has 0 spiro atoms. The molecule has 0 bridgehead atoms. The second-order valence-electron chi connectivity index (χ2n) is 5.99. The van der Waals surface area contributed by atoms with Gasteiger partial charge in [-0.05, 0) is 36.6 Å². The van der Waals surface area contributed by atoms with Crippen molar-refractivity contribution >= 4 is 5.91 Å². The highest BCUT2D eigenvalue weighted by Crippen LogP contribution is 2.19. The van der Waals surface area contributed by atoms with Crippen LogP contribution in [0.5, 0.6) is 0 Å². The van der Waals surface area contributed by atoms with Crippen LogP contribution in [0.1, 0.15) is 25.8 Å². The van der Waals surface area contributed by atoms with Crippen LogP contribution < -0.4 is 5.32 Å². The summed E-state index contributed by atoms with van der Waals surface area (Å²) in [4.78, 5) is 14.3. The standard InChI is InChI=1S/C16H23FN2O/c1-12(2)9-18-16(20)14-7-8-19(11-14)10-13-3-5-15(17)6-4-13/h3-6,12,14H,7-11H2,1-2H3,(H,18,20). The summed E-state index contributed by atoms with van der Waals surface area (Å²) in [6.45, 7) is 7.44. The molecule has 20 heavy (non-hydrogen) atoms. The minimum atomic E-state index is -0.207. The van der Waals surface area contributed by atoms with Gasteiger partial charge in [-0.15, -0.1) is 0 Å². The lowest BCUT2D eigenvalue weighted by Crippen LogP contribution is -2.34. The number of hydrogen-bond donors (Lipinski definition) is 1. The Morgan fingerprint density at radius 3 is 2.75 bits per heavy atom. The highest BCUT2D eigenvalue weighted by atomic mass is 19.1. The van der Waals surface area contributed by atoms with Gasteiger partial charge in [-0.1, -0.05) is 26.0 Å². The highest BCUT2D eigenvalue weighted by molar-refractivity contribution is 5.79. The molecule has 0 aliphatic carbocycles. The molecule has 1 aromatic rings. The second kappa shape index (κ2) is 6.84. The van der Waals surface area contributed by atoms with Crippen LogP contribution in [0, 0.1) is 17.7 Å². The molecular formula is C16H23FN2O. The van der Waals surface area contributed by atoms with E-state index in [0.717, 1.165) is 38.2 Å². The van der Waals surface area contributed by atoms with Gasteiger partial charge in [0.15, 0.2) is 0 Å². The van der Waals surface area contributed by atoms with Gasteiger partial charge in [-0.25, -0.2) is 4.39 Å². The van der Waals surface area contributed by atoms with Crippen molar-refractivity contribution in [2.45, 2.75) is 26.8 Å². The average molecular weight is 278 g/mol. The molecule has 4 heteroatoms. The molecule has 1 aromatic carbocycles. The zero-order valence-corrected chi connectivity index (χ0v) is 12.2. The first-order valence-electron chi connectivity index (χ1n) is 7.29. The van der Waals surface area contributed by atoms with Gasteiger partial charge in [0.25, 0.3) is 0 Å². The fourth-order valence-corrected chi connectivity index (χ4v) is 2.49. The number of benzene rings is 1. The van der Waals surface area contributed by atoms with E-state index in [1.807, 2.05) is 12.1 Å². The van der Waals surface area contributed by atoms with E-state index < -0.39 is 0 Å². The Morgan fingerprint density at radius 1 is 1.40 bits per heavy atom. The van der Waals surface area contributed by atoms with Crippen molar-refractivity contribution in [1.82, 2.24) is 10.2 Å². The molecule has 0 saturated carbocycles. The van der Waals surface area contributed by atoms with Crippen LogP contribution in [0.2, 0.25) is 0 Å². The molecule has 1 unspecified atom stereocenters. The van der Waals surface area contributed by atoms with E-state index in [2.05, 4.69) is 24.1 Å². The van der Waals surface area contributed by atoms with E-state index in [1.165, 1.54) is 12.1 Å². The molecule has 1 saturated heterocycles. The Morgan fingerprint density at radius 2 is 2.10 bits per heavy atom. The number of carbonyl (C=O) groups is 1. The normalized spacial score (nSPS) is 19.5. The SMILES string of the molecule is CC(C)CNC(=O)C1CCN(Cc2ccc(F)cc2)C1. The molecule has 110 valence electrons. The number of amides is 1. The van der Waals surface area contributed by atoms with Crippen molar-refractivity contribution in [2.24, 2.45) is 11.8 Å². The Labute approximate surface area is 120 Å². The maximum Gasteiger partial charge on any atom is 0.224 e. The van der Waals surface area contributed by atoms with Crippen molar-refractivity contribution < 1.29 is 9.18 Å². The Bertz CT molecular complexity index is 444. The third-order valence-electron chi connectivity index (χ3n) is 3.65. The van der Waals surface area contributed by atoms with Crippen LogP contribution in [-0.2, 0) is 11.3 Å². The van der Waals surface area contributed by atoms with E-state index in [1.54, 1.807) is 0 Å². The molecule has 3 nitrogen and oxygen atoms in total. The fourth-order valence-electron chi connectivity index (χ4n) is 2.49. The Balaban J connectivity index is 1.80. The molecule has 1 amide bonds. The van der Waals surface area contributed by atoms with Gasteiger partial charge in [0.05, 0.1) is 5.92 Å². The van der Waals surface area contributed by atoms with Crippen LogP contribution in [0.15, 0.2) is 24.3 Å². The molecule has 0 aromatic heterocycles. The molecule has 1 aliphatic rings. The summed E-state index contributed by atoms with van der Waals surface area (Å²) in [5, 5.41) is 3.00. The molecule has 1 N–H and O–H groups in total. The average Bonchev–Trinajstić information content (AvgIpc) is 2.87. The largest absolute Gasteiger partial charge is 0.356 e. The molecular weight excluding hydrogens is 255 g/mol. The smallest absolute Gasteiger partial charge is 0.224 e. The summed E-state index contributed by atoms with van der Waals surface area (Å²) in [7, 11) is 0. The first-order valence-corrected chi connectivity index (χ1v) is 7.29. The molecule has 1 fully saturated rings. The zero-order chi connectivity index (χ0) is 14.5. The van der Waals surface area contributed by atoms with Gasteiger partial charge < -0.3 is 5.32 Å². The quantitative estimate of drug-likeness (QED) is 0.897. The lowest BCUT2D eigenvalue weighted by atomic mass is 10.1. The fraction of sp³-hybridized carbons (Fsp3) is 0.562. The van der Waals surface area contributed by atoms with Crippen molar-refractivity contribution in [3.63, 3.8) is 0 Å². The van der Waals surface area contributed by atoms with E-state index in [4.69, 9.17) is 0 Å². The van der Waals surface area contributed by atoms with Crippen molar-refractivity contribution in [1.29, 1.82) is 0 Å². The van der Waals surface area contributed by atoms with Gasteiger partial charge in [0.2, 0.25) is 5.91 Å². The summed E-state index contributed by atoms with van der Waals surface area (Å²) >= 11 is 0. The van der Waals surface area contributed by atoms with Crippen LogP contribution in [0.3, 0.4) is 0 Å². The maximum atomic E-state index is 12.9. The van der Waals surface area contributed by atoms with Crippen molar-refractivity contribution in [2.75, 3.05) is 19.6 Å². The van der Waals surface area contributed by atoms with E-state index >= 15 is 0 Å². The van der Waals surface area contributed by atoms with Gasteiger partial charge in [-0.3, -0.25) is 9.69 Å². The first-order chi connectivity index (χ1) is 9.54. The summed E-state index contributed by atoms with van der Waals surface area (Å²) in [6.07, 6.45) is 0.908. The number of likely N-dealkylation sites (tertiary alicyclic amines) is 1. The number of carbonyl (C=O) groups excluding carboxylic acids is 1. The van der Waals surface area contributed by atoms with Gasteiger partial charge in [-0.2, -0.15) is 0 Å². The Hall–Kier alpha value is -1.42. The minimum absolute atomic E-state index is 0.0919. The monoisotopic (exact) mass is 278 g/mol. The highest BCUT2D eigenvalue weighted by Gasteiger charge is 2.27. The lowest BCUT2D eigenvalue weighted by molar-refractivity contribution is -0.124. The molecule has 1 atom stereocenters. The number of halogens is 1. The van der Waals surface area contributed by atoms with Gasteiger partial charge >= 0.3 is 0 Å². The van der Waals surface area contributed by atoms with Crippen LogP contribution in [-0.4, -0.2) is 30.4 Å². The minimum Gasteiger partial charge on any atom is -0.356 e. The zero-order valence-electron chi connectivity index (χ0n) is 12.2. The van der Waals surface area contributed by atoms with Crippen LogP contribution >= 0.6 is 0 Å². The number of hydrogen-bond acceptors (Lipinski definition) is 2. The predicted molar refractivity (Wildman–Crippen MR) is 77.6 cm³/mol. The number of rotatable bonds is 5. The van der Waals surface area contributed by atoms with E-state index in [9.17, 15) is 9.18 Å². The van der Waals surface area contributed by atoms with E-state index in [0.29, 0.717) is 5.92 Å². The van der Waals surface area contributed by atoms with Crippen LogP contribution in [0.25, 0.3) is 0 Å². The number of nitrogens with zero attached hydrogens (tertiary/aromatic N) is 1. The van der Waals surface area contributed by atoms with Gasteiger partial charge in [0.1, 0.15) is 5.82 Å². The molecule has 1 heterocycles. The van der Waals surface area contributed by atoms with Gasteiger partial charge in [0, 0.05) is 19.6 Å².